The zero-order chi connectivity index (χ0) is 15.2. The van der Waals surface area contributed by atoms with Gasteiger partial charge >= 0.3 is 0 Å². The molecule has 1 fully saturated rings. The Morgan fingerprint density at radius 2 is 1.95 bits per heavy atom. The van der Waals surface area contributed by atoms with Gasteiger partial charge in [0.15, 0.2) is 0 Å². The molecule has 0 bridgehead atoms. The predicted molar refractivity (Wildman–Crippen MR) is 95.0 cm³/mol. The summed E-state index contributed by atoms with van der Waals surface area (Å²) in [6.07, 6.45) is 3.23. The van der Waals surface area contributed by atoms with E-state index in [0.717, 1.165) is 38.9 Å². The Balaban J connectivity index is 1.60. The maximum atomic E-state index is 9.28. The lowest BCUT2D eigenvalue weighted by Crippen LogP contribution is -2.35. The molecular formula is C18H24N2OS. The second kappa shape index (κ2) is 7.65. The highest BCUT2D eigenvalue weighted by Gasteiger charge is 2.20. The number of aliphatic hydroxyl groups is 1. The third kappa shape index (κ3) is 3.81. The summed E-state index contributed by atoms with van der Waals surface area (Å²) >= 11 is 1.82. The van der Waals surface area contributed by atoms with Gasteiger partial charge in [-0.05, 0) is 48.8 Å². The summed E-state index contributed by atoms with van der Waals surface area (Å²) in [5.41, 5.74) is 2.52. The lowest BCUT2D eigenvalue weighted by Gasteiger charge is -2.34. The van der Waals surface area contributed by atoms with E-state index in [9.17, 15) is 5.11 Å². The fourth-order valence-electron chi connectivity index (χ4n) is 3.03. The summed E-state index contributed by atoms with van der Waals surface area (Å²) < 4.78 is 0. The van der Waals surface area contributed by atoms with Crippen molar-refractivity contribution in [2.24, 2.45) is 5.92 Å². The van der Waals surface area contributed by atoms with Crippen molar-refractivity contribution in [2.45, 2.75) is 19.3 Å². The highest BCUT2D eigenvalue weighted by molar-refractivity contribution is 7.09. The van der Waals surface area contributed by atoms with Gasteiger partial charge in [-0.1, -0.05) is 18.2 Å². The lowest BCUT2D eigenvalue weighted by molar-refractivity contribution is 0.203. The van der Waals surface area contributed by atoms with Crippen LogP contribution in [0.3, 0.4) is 0 Å². The highest BCUT2D eigenvalue weighted by Crippen LogP contribution is 2.29. The summed E-state index contributed by atoms with van der Waals surface area (Å²) in [6, 6.07) is 12.9. The Labute approximate surface area is 136 Å². The monoisotopic (exact) mass is 316 g/mol. The summed E-state index contributed by atoms with van der Waals surface area (Å²) in [7, 11) is 0. The number of thiophene rings is 1. The van der Waals surface area contributed by atoms with E-state index in [4.69, 9.17) is 0 Å². The number of benzene rings is 1. The van der Waals surface area contributed by atoms with Crippen molar-refractivity contribution in [3.63, 3.8) is 0 Å². The SMILES string of the molecule is OCC1CCN(c2ccccc2NCCc2cccs2)CC1. The van der Waals surface area contributed by atoms with Crippen LogP contribution in [0.25, 0.3) is 0 Å². The van der Waals surface area contributed by atoms with E-state index in [2.05, 4.69) is 52.0 Å². The van der Waals surface area contributed by atoms with Crippen LogP contribution in [0.2, 0.25) is 0 Å². The van der Waals surface area contributed by atoms with Crippen LogP contribution in [0.1, 0.15) is 17.7 Å². The fourth-order valence-corrected chi connectivity index (χ4v) is 3.74. The summed E-state index contributed by atoms with van der Waals surface area (Å²) in [5.74, 6) is 0.482. The third-order valence-corrected chi connectivity index (χ3v) is 5.32. The quantitative estimate of drug-likeness (QED) is 0.854. The number of aliphatic hydroxyl groups excluding tert-OH is 1. The Hall–Kier alpha value is -1.52. The third-order valence-electron chi connectivity index (χ3n) is 4.38. The van der Waals surface area contributed by atoms with Crippen LogP contribution in [0.4, 0.5) is 11.4 Å². The first-order valence-corrected chi connectivity index (χ1v) is 8.96. The van der Waals surface area contributed by atoms with Gasteiger partial charge in [0.25, 0.3) is 0 Å². The molecule has 1 aromatic heterocycles. The minimum atomic E-state index is 0.328. The van der Waals surface area contributed by atoms with Crippen LogP contribution in [-0.2, 0) is 6.42 Å². The number of para-hydroxylation sites is 2. The first kappa shape index (κ1) is 15.4. The van der Waals surface area contributed by atoms with Gasteiger partial charge in [-0.25, -0.2) is 0 Å². The van der Waals surface area contributed by atoms with Crippen LogP contribution in [0, 0.1) is 5.92 Å². The van der Waals surface area contributed by atoms with Crippen molar-refractivity contribution >= 4 is 22.7 Å². The molecule has 3 rings (SSSR count). The Morgan fingerprint density at radius 3 is 2.68 bits per heavy atom. The van der Waals surface area contributed by atoms with Gasteiger partial charge in [-0.2, -0.15) is 0 Å². The number of nitrogens with zero attached hydrogens (tertiary/aromatic N) is 1. The molecule has 2 heterocycles. The van der Waals surface area contributed by atoms with E-state index in [1.165, 1.54) is 16.3 Å². The Bertz CT molecular complexity index is 562. The molecule has 0 amide bonds. The molecule has 1 aliphatic heterocycles. The number of rotatable bonds is 6. The fraction of sp³-hybridized carbons (Fsp3) is 0.444. The van der Waals surface area contributed by atoms with E-state index >= 15 is 0 Å². The number of hydrogen-bond acceptors (Lipinski definition) is 4. The molecule has 1 aromatic carbocycles. The van der Waals surface area contributed by atoms with Crippen molar-refractivity contribution < 1.29 is 5.11 Å². The topological polar surface area (TPSA) is 35.5 Å². The molecule has 0 saturated carbocycles. The van der Waals surface area contributed by atoms with Crippen molar-refractivity contribution in [2.75, 3.05) is 36.5 Å². The molecule has 0 atom stereocenters. The van der Waals surface area contributed by atoms with Crippen molar-refractivity contribution in [3.05, 3.63) is 46.7 Å². The average molecular weight is 316 g/mol. The molecule has 0 unspecified atom stereocenters. The van der Waals surface area contributed by atoms with Crippen LogP contribution in [0.5, 0.6) is 0 Å². The van der Waals surface area contributed by atoms with Crippen LogP contribution < -0.4 is 10.2 Å². The summed E-state index contributed by atoms with van der Waals surface area (Å²) in [4.78, 5) is 3.87. The van der Waals surface area contributed by atoms with Gasteiger partial charge in [0.05, 0.1) is 11.4 Å². The molecule has 0 aliphatic carbocycles. The average Bonchev–Trinajstić information content (AvgIpc) is 3.09. The van der Waals surface area contributed by atoms with Gasteiger partial charge in [0.2, 0.25) is 0 Å². The van der Waals surface area contributed by atoms with Crippen molar-refractivity contribution in [1.82, 2.24) is 0 Å². The largest absolute Gasteiger partial charge is 0.396 e. The van der Waals surface area contributed by atoms with Crippen LogP contribution >= 0.6 is 11.3 Å². The standard InChI is InChI=1S/C18H24N2OS/c21-14-15-8-11-20(12-9-15)18-6-2-1-5-17(18)19-10-7-16-4-3-13-22-16/h1-6,13,15,19,21H,7-12,14H2. The molecule has 4 heteroatoms. The molecule has 118 valence electrons. The number of hydrogen-bond donors (Lipinski definition) is 2. The summed E-state index contributed by atoms with van der Waals surface area (Å²) in [6.45, 7) is 3.36. The smallest absolute Gasteiger partial charge is 0.0602 e. The minimum absolute atomic E-state index is 0.328. The lowest BCUT2D eigenvalue weighted by atomic mass is 9.97. The van der Waals surface area contributed by atoms with Gasteiger partial charge in [-0.15, -0.1) is 11.3 Å². The van der Waals surface area contributed by atoms with E-state index in [1.54, 1.807) is 0 Å². The molecule has 1 aliphatic rings. The van der Waals surface area contributed by atoms with Crippen LogP contribution in [-0.4, -0.2) is 31.3 Å². The maximum Gasteiger partial charge on any atom is 0.0602 e. The van der Waals surface area contributed by atoms with E-state index in [1.807, 2.05) is 11.3 Å². The summed E-state index contributed by atoms with van der Waals surface area (Å²) in [5, 5.41) is 15.0. The first-order chi connectivity index (χ1) is 10.9. The molecule has 3 nitrogen and oxygen atoms in total. The van der Waals surface area contributed by atoms with Gasteiger partial charge in [0, 0.05) is 31.1 Å². The van der Waals surface area contributed by atoms with Crippen molar-refractivity contribution in [3.8, 4) is 0 Å². The molecular weight excluding hydrogens is 292 g/mol. The van der Waals surface area contributed by atoms with Crippen molar-refractivity contribution in [1.29, 1.82) is 0 Å². The molecule has 22 heavy (non-hydrogen) atoms. The number of piperidine rings is 1. The normalized spacial score (nSPS) is 16.0. The Morgan fingerprint density at radius 1 is 1.14 bits per heavy atom. The Kier molecular flexibility index (Phi) is 5.35. The first-order valence-electron chi connectivity index (χ1n) is 8.08. The molecule has 2 N–H and O–H groups in total. The zero-order valence-corrected chi connectivity index (χ0v) is 13.7. The number of nitrogens with one attached hydrogen (secondary N) is 1. The maximum absolute atomic E-state index is 9.28. The van der Waals surface area contributed by atoms with E-state index in [0.29, 0.717) is 12.5 Å². The zero-order valence-electron chi connectivity index (χ0n) is 12.9. The highest BCUT2D eigenvalue weighted by atomic mass is 32.1. The van der Waals surface area contributed by atoms with E-state index < -0.39 is 0 Å². The van der Waals surface area contributed by atoms with Gasteiger partial charge in [0.1, 0.15) is 0 Å². The number of anilines is 2. The minimum Gasteiger partial charge on any atom is -0.396 e. The predicted octanol–water partition coefficient (Wildman–Crippen LogP) is 3.61. The second-order valence-electron chi connectivity index (χ2n) is 5.89. The van der Waals surface area contributed by atoms with Gasteiger partial charge in [-0.3, -0.25) is 0 Å². The molecule has 1 saturated heterocycles. The van der Waals surface area contributed by atoms with Gasteiger partial charge < -0.3 is 15.3 Å². The molecule has 2 aromatic rings. The molecule has 0 spiro atoms. The van der Waals surface area contributed by atoms with E-state index in [-0.39, 0.29) is 0 Å². The van der Waals surface area contributed by atoms with Crippen LogP contribution in [0.15, 0.2) is 41.8 Å². The molecule has 0 radical (unpaired) electrons. The second-order valence-corrected chi connectivity index (χ2v) is 6.92.